The van der Waals surface area contributed by atoms with Gasteiger partial charge in [0.15, 0.2) is 0 Å². The van der Waals surface area contributed by atoms with Gasteiger partial charge in [-0.25, -0.2) is 13.2 Å². The Balaban J connectivity index is 2.51. The molecule has 0 bridgehead atoms. The van der Waals surface area contributed by atoms with Crippen molar-refractivity contribution in [2.45, 2.75) is 13.0 Å². The number of benzene rings is 1. The Morgan fingerprint density at radius 3 is 2.63 bits per heavy atom. The highest BCUT2D eigenvalue weighted by Gasteiger charge is 2.21. The van der Waals surface area contributed by atoms with Crippen molar-refractivity contribution in [3.63, 3.8) is 0 Å². The highest BCUT2D eigenvalue weighted by atomic mass is 19.1. The van der Waals surface area contributed by atoms with Gasteiger partial charge in [0.1, 0.15) is 17.5 Å². The van der Waals surface area contributed by atoms with Crippen molar-refractivity contribution in [3.8, 4) is 0 Å². The Morgan fingerprint density at radius 2 is 1.95 bits per heavy atom. The van der Waals surface area contributed by atoms with Crippen LogP contribution in [0.15, 0.2) is 36.5 Å². The molecule has 0 aliphatic heterocycles. The summed E-state index contributed by atoms with van der Waals surface area (Å²) < 4.78 is 40.8. The van der Waals surface area contributed by atoms with E-state index in [0.29, 0.717) is 6.54 Å². The topological polar surface area (TPSA) is 24.9 Å². The minimum atomic E-state index is -0.818. The van der Waals surface area contributed by atoms with E-state index in [4.69, 9.17) is 0 Å². The number of hydrogen-bond donors (Lipinski definition) is 1. The standard InChI is InChI=1S/C14H13F3N2/c1-2-18-13(14-12(17)4-3-7-19-14)10-8-9(15)5-6-11(10)16/h3-8,13,18H,2H2,1H3. The van der Waals surface area contributed by atoms with Crippen LogP contribution in [-0.4, -0.2) is 11.5 Å². The number of nitrogens with one attached hydrogen (secondary N) is 1. The van der Waals surface area contributed by atoms with Crippen LogP contribution >= 0.6 is 0 Å². The predicted molar refractivity (Wildman–Crippen MR) is 66.1 cm³/mol. The Kier molecular flexibility index (Phi) is 4.16. The van der Waals surface area contributed by atoms with E-state index >= 15 is 0 Å². The largest absolute Gasteiger partial charge is 0.305 e. The van der Waals surface area contributed by atoms with Gasteiger partial charge < -0.3 is 5.32 Å². The Morgan fingerprint density at radius 1 is 1.16 bits per heavy atom. The monoisotopic (exact) mass is 266 g/mol. The molecule has 0 fully saturated rings. The lowest BCUT2D eigenvalue weighted by atomic mass is 10.0. The van der Waals surface area contributed by atoms with Crippen LogP contribution in [0.3, 0.4) is 0 Å². The molecule has 0 aliphatic rings. The normalized spacial score (nSPS) is 12.4. The van der Waals surface area contributed by atoms with Gasteiger partial charge in [0.25, 0.3) is 0 Å². The molecule has 100 valence electrons. The van der Waals surface area contributed by atoms with Gasteiger partial charge in [0.05, 0.1) is 11.7 Å². The third-order valence-electron chi connectivity index (χ3n) is 2.74. The smallest absolute Gasteiger partial charge is 0.146 e. The van der Waals surface area contributed by atoms with Gasteiger partial charge in [-0.3, -0.25) is 4.98 Å². The zero-order valence-electron chi connectivity index (χ0n) is 10.3. The van der Waals surface area contributed by atoms with Crippen molar-refractivity contribution in [2.24, 2.45) is 0 Å². The molecule has 0 aliphatic carbocycles. The minimum absolute atomic E-state index is 0.0412. The summed E-state index contributed by atoms with van der Waals surface area (Å²) in [7, 11) is 0. The van der Waals surface area contributed by atoms with Crippen LogP contribution < -0.4 is 5.32 Å². The third kappa shape index (κ3) is 2.93. The fourth-order valence-electron chi connectivity index (χ4n) is 1.90. The molecular formula is C14H13F3N2. The summed E-state index contributed by atoms with van der Waals surface area (Å²) in [5.74, 6) is -1.73. The molecule has 19 heavy (non-hydrogen) atoms. The Hall–Kier alpha value is -1.88. The first-order valence-corrected chi connectivity index (χ1v) is 5.92. The van der Waals surface area contributed by atoms with E-state index in [2.05, 4.69) is 10.3 Å². The minimum Gasteiger partial charge on any atom is -0.305 e. The molecule has 2 rings (SSSR count). The maximum atomic E-state index is 13.8. The summed E-state index contributed by atoms with van der Waals surface area (Å²) in [5.41, 5.74) is 0.0910. The average molecular weight is 266 g/mol. The van der Waals surface area contributed by atoms with Gasteiger partial charge in [-0.05, 0) is 36.9 Å². The van der Waals surface area contributed by atoms with E-state index in [9.17, 15) is 13.2 Å². The molecule has 0 spiro atoms. The molecule has 2 aromatic rings. The molecule has 1 N–H and O–H groups in total. The van der Waals surface area contributed by atoms with Crippen LogP contribution in [-0.2, 0) is 0 Å². The van der Waals surface area contributed by atoms with Gasteiger partial charge in [-0.15, -0.1) is 0 Å². The third-order valence-corrected chi connectivity index (χ3v) is 2.74. The summed E-state index contributed by atoms with van der Waals surface area (Å²) in [5, 5.41) is 2.91. The molecule has 0 radical (unpaired) electrons. The molecule has 0 saturated carbocycles. The van der Waals surface area contributed by atoms with Crippen molar-refractivity contribution >= 4 is 0 Å². The summed E-state index contributed by atoms with van der Waals surface area (Å²) >= 11 is 0. The fourth-order valence-corrected chi connectivity index (χ4v) is 1.90. The number of hydrogen-bond acceptors (Lipinski definition) is 2. The van der Waals surface area contributed by atoms with E-state index in [1.54, 1.807) is 6.92 Å². The molecule has 1 aromatic carbocycles. The van der Waals surface area contributed by atoms with Crippen LogP contribution in [0.5, 0.6) is 0 Å². The van der Waals surface area contributed by atoms with Gasteiger partial charge >= 0.3 is 0 Å². The quantitative estimate of drug-likeness (QED) is 0.919. The van der Waals surface area contributed by atoms with Crippen LogP contribution in [0.25, 0.3) is 0 Å². The summed E-state index contributed by atoms with van der Waals surface area (Å²) in [6.07, 6.45) is 1.42. The first kappa shape index (κ1) is 13.5. The molecular weight excluding hydrogens is 253 g/mol. The van der Waals surface area contributed by atoms with Crippen molar-refractivity contribution in [1.82, 2.24) is 10.3 Å². The molecule has 1 atom stereocenters. The summed E-state index contributed by atoms with van der Waals surface area (Å²) in [4.78, 5) is 3.92. The molecule has 1 heterocycles. The van der Waals surface area contributed by atoms with Crippen molar-refractivity contribution in [1.29, 1.82) is 0 Å². The van der Waals surface area contributed by atoms with Crippen molar-refractivity contribution in [3.05, 3.63) is 65.2 Å². The second-order valence-electron chi connectivity index (χ2n) is 4.03. The van der Waals surface area contributed by atoms with Gasteiger partial charge in [0.2, 0.25) is 0 Å². The highest BCUT2D eigenvalue weighted by molar-refractivity contribution is 5.30. The van der Waals surface area contributed by atoms with E-state index in [-0.39, 0.29) is 11.3 Å². The lowest BCUT2D eigenvalue weighted by Crippen LogP contribution is -2.25. The number of aromatic nitrogens is 1. The van der Waals surface area contributed by atoms with Gasteiger partial charge in [0, 0.05) is 11.8 Å². The first-order valence-electron chi connectivity index (χ1n) is 5.92. The maximum Gasteiger partial charge on any atom is 0.146 e. The van der Waals surface area contributed by atoms with Crippen molar-refractivity contribution < 1.29 is 13.2 Å². The lowest BCUT2D eigenvalue weighted by Gasteiger charge is -2.19. The SMILES string of the molecule is CCNC(c1cc(F)ccc1F)c1ncccc1F. The first-order chi connectivity index (χ1) is 9.13. The molecule has 2 nitrogen and oxygen atoms in total. The zero-order valence-corrected chi connectivity index (χ0v) is 10.3. The van der Waals surface area contributed by atoms with E-state index in [0.717, 1.165) is 18.2 Å². The molecule has 1 aromatic heterocycles. The van der Waals surface area contributed by atoms with Crippen LogP contribution in [0, 0.1) is 17.5 Å². The van der Waals surface area contributed by atoms with Gasteiger partial charge in [-0.2, -0.15) is 0 Å². The molecule has 1 unspecified atom stereocenters. The number of rotatable bonds is 4. The Labute approximate surface area is 109 Å². The fraction of sp³-hybridized carbons (Fsp3) is 0.214. The Bertz CT molecular complexity index is 572. The van der Waals surface area contributed by atoms with E-state index in [1.807, 2.05) is 0 Å². The van der Waals surface area contributed by atoms with Crippen LogP contribution in [0.2, 0.25) is 0 Å². The van der Waals surface area contributed by atoms with E-state index < -0.39 is 23.5 Å². The highest BCUT2D eigenvalue weighted by Crippen LogP contribution is 2.25. The summed E-state index contributed by atoms with van der Waals surface area (Å²) in [6, 6.07) is 4.97. The lowest BCUT2D eigenvalue weighted by molar-refractivity contribution is 0.511. The van der Waals surface area contributed by atoms with Crippen LogP contribution in [0.4, 0.5) is 13.2 Å². The number of pyridine rings is 1. The molecule has 0 amide bonds. The zero-order chi connectivity index (χ0) is 13.8. The van der Waals surface area contributed by atoms with E-state index in [1.165, 1.54) is 18.3 Å². The predicted octanol–water partition coefficient (Wildman–Crippen LogP) is 3.20. The molecule has 5 heteroatoms. The van der Waals surface area contributed by atoms with Crippen LogP contribution in [0.1, 0.15) is 24.2 Å². The number of halogens is 3. The number of nitrogens with zero attached hydrogens (tertiary/aromatic N) is 1. The average Bonchev–Trinajstić information content (AvgIpc) is 2.40. The van der Waals surface area contributed by atoms with Gasteiger partial charge in [-0.1, -0.05) is 6.92 Å². The second kappa shape index (κ2) is 5.84. The second-order valence-corrected chi connectivity index (χ2v) is 4.03. The maximum absolute atomic E-state index is 13.8. The summed E-state index contributed by atoms with van der Waals surface area (Å²) in [6.45, 7) is 2.27. The van der Waals surface area contributed by atoms with Crippen molar-refractivity contribution in [2.75, 3.05) is 6.54 Å². The molecule has 0 saturated heterocycles.